The molecule has 0 heterocycles. The Balaban J connectivity index is 1.37. The van der Waals surface area contributed by atoms with Crippen molar-refractivity contribution in [2.45, 2.75) is 31.7 Å². The highest BCUT2D eigenvalue weighted by Gasteiger charge is 2.96. The molecule has 0 aromatic heterocycles. The quantitative estimate of drug-likeness (QED) is 0.467. The molecule has 0 amide bonds. The van der Waals surface area contributed by atoms with E-state index in [4.69, 9.17) is 0 Å². The van der Waals surface area contributed by atoms with Crippen LogP contribution in [0.1, 0.15) is 25.7 Å². The van der Waals surface area contributed by atoms with E-state index in [1.807, 2.05) is 0 Å². The van der Waals surface area contributed by atoms with Gasteiger partial charge in [-0.05, 0) is 72.0 Å². The summed E-state index contributed by atoms with van der Waals surface area (Å²) < 4.78 is 0. The molecule has 98 valence electrons. The van der Waals surface area contributed by atoms with Crippen molar-refractivity contribution in [1.82, 2.24) is 5.43 Å². The van der Waals surface area contributed by atoms with Crippen molar-refractivity contribution in [2.75, 3.05) is 0 Å². The molecule has 3 nitrogen and oxygen atoms in total. The number of rotatable bonds is 2. The fraction of sp³-hybridized carbons (Fsp3) is 0.875. The molecule has 1 N–H and O–H groups in total. The van der Waals surface area contributed by atoms with Crippen LogP contribution in [-0.2, 0) is 0 Å². The summed E-state index contributed by atoms with van der Waals surface area (Å²) in [5, 5.41) is 3.01. The fourth-order valence-corrected chi connectivity index (χ4v) is 9.27. The van der Waals surface area contributed by atoms with E-state index in [0.717, 1.165) is 35.5 Å². The Morgan fingerprint density at radius 1 is 1.32 bits per heavy atom. The summed E-state index contributed by atoms with van der Waals surface area (Å²) in [6.07, 6.45) is 10.8. The second-order valence-electron chi connectivity index (χ2n) is 8.78. The van der Waals surface area contributed by atoms with E-state index in [0.29, 0.717) is 22.3 Å². The molecule has 3 spiro atoms. The number of hydrogen-bond donors (Lipinski definition) is 1. The van der Waals surface area contributed by atoms with E-state index in [1.165, 1.54) is 25.7 Å². The van der Waals surface area contributed by atoms with Crippen LogP contribution in [0.25, 0.3) is 0 Å². The first kappa shape index (κ1) is 9.15. The van der Waals surface area contributed by atoms with Gasteiger partial charge in [0.1, 0.15) is 0 Å². The summed E-state index contributed by atoms with van der Waals surface area (Å²) in [4.78, 5) is 10.6. The van der Waals surface area contributed by atoms with Gasteiger partial charge in [-0.1, -0.05) is 12.2 Å². The average Bonchev–Trinajstić information content (AvgIpc) is 2.63. The van der Waals surface area contributed by atoms with Gasteiger partial charge in [-0.25, -0.2) is 0 Å². The minimum Gasteiger partial charge on any atom is -0.270 e. The maximum atomic E-state index is 10.6. The lowest BCUT2D eigenvalue weighted by Crippen LogP contribution is -2.70. The lowest BCUT2D eigenvalue weighted by molar-refractivity contribution is -0.235. The first-order chi connectivity index (χ1) is 9.28. The van der Waals surface area contributed by atoms with Gasteiger partial charge in [0.15, 0.2) is 0 Å². The minimum atomic E-state index is 0.428. The monoisotopic (exact) mass is 254 g/mol. The van der Waals surface area contributed by atoms with Crippen molar-refractivity contribution in [3.63, 3.8) is 0 Å². The number of allylic oxidation sites excluding steroid dienone is 2. The highest BCUT2D eigenvalue weighted by molar-refractivity contribution is 5.48. The zero-order chi connectivity index (χ0) is 12.2. The van der Waals surface area contributed by atoms with Crippen molar-refractivity contribution >= 4 is 0 Å². The standard InChI is InChI=1S/C16H18N2O/c19-18-17-10-3-9-8-5-15(6-16(9,10)15)13-11(8)12-7-1-2-14(12,13)4-7/h1-2,7-13H,3-6H2,(H,17,19). The molecule has 4 bridgehead atoms. The summed E-state index contributed by atoms with van der Waals surface area (Å²) in [5.41, 5.74) is 4.72. The minimum absolute atomic E-state index is 0.428. The summed E-state index contributed by atoms with van der Waals surface area (Å²) in [6.45, 7) is 0. The molecule has 6 fully saturated rings. The Morgan fingerprint density at radius 2 is 2.26 bits per heavy atom. The topological polar surface area (TPSA) is 41.5 Å². The SMILES string of the molecule is O=NNC1CC2C3CC4(CC124)C1C3C2C3C=CC21C3. The van der Waals surface area contributed by atoms with Gasteiger partial charge in [0.05, 0.1) is 6.04 Å². The summed E-state index contributed by atoms with van der Waals surface area (Å²) in [7, 11) is 0. The van der Waals surface area contributed by atoms with Crippen LogP contribution < -0.4 is 5.43 Å². The van der Waals surface area contributed by atoms with Crippen LogP contribution in [0.5, 0.6) is 0 Å². The molecule has 10 unspecified atom stereocenters. The summed E-state index contributed by atoms with van der Waals surface area (Å²) in [5.74, 6) is 6.04. The molecular weight excluding hydrogens is 236 g/mol. The Bertz CT molecular complexity index is 602. The Morgan fingerprint density at radius 3 is 3.11 bits per heavy atom. The van der Waals surface area contributed by atoms with E-state index in [1.54, 1.807) is 0 Å². The molecule has 0 aliphatic heterocycles. The molecular formula is C16H18N2O. The third-order valence-electron chi connectivity index (χ3n) is 9.30. The highest BCUT2D eigenvalue weighted by atomic mass is 16.3. The van der Waals surface area contributed by atoms with E-state index in [2.05, 4.69) is 22.9 Å². The normalized spacial score (nSPS) is 77.8. The van der Waals surface area contributed by atoms with Crippen molar-refractivity contribution in [2.24, 2.45) is 57.0 Å². The summed E-state index contributed by atoms with van der Waals surface area (Å²) in [6, 6.07) is 0.428. The van der Waals surface area contributed by atoms with Crippen molar-refractivity contribution in [3.05, 3.63) is 17.1 Å². The van der Waals surface area contributed by atoms with Crippen LogP contribution in [0, 0.1) is 56.7 Å². The van der Waals surface area contributed by atoms with Gasteiger partial charge in [-0.2, -0.15) is 0 Å². The molecule has 19 heavy (non-hydrogen) atoms. The maximum Gasteiger partial charge on any atom is 0.0539 e. The van der Waals surface area contributed by atoms with Gasteiger partial charge < -0.3 is 0 Å². The molecule has 10 atom stereocenters. The molecule has 8 rings (SSSR count). The third-order valence-corrected chi connectivity index (χ3v) is 9.30. The number of nitrogens with zero attached hydrogens (tertiary/aromatic N) is 1. The van der Waals surface area contributed by atoms with Crippen LogP contribution >= 0.6 is 0 Å². The van der Waals surface area contributed by atoms with Gasteiger partial charge >= 0.3 is 0 Å². The molecule has 8 aliphatic carbocycles. The van der Waals surface area contributed by atoms with Gasteiger partial charge in [-0.15, -0.1) is 4.91 Å². The molecule has 0 saturated heterocycles. The molecule has 0 aromatic carbocycles. The lowest BCUT2D eigenvalue weighted by atomic mass is 9.32. The largest absolute Gasteiger partial charge is 0.270 e. The fourth-order valence-electron chi connectivity index (χ4n) is 9.27. The Labute approximate surface area is 112 Å². The van der Waals surface area contributed by atoms with Crippen molar-refractivity contribution < 1.29 is 0 Å². The molecule has 3 heteroatoms. The molecule has 0 radical (unpaired) electrons. The molecule has 6 saturated carbocycles. The number of nitroso groups, excluding NO2 is 1. The van der Waals surface area contributed by atoms with Crippen LogP contribution in [0.15, 0.2) is 17.4 Å². The number of fused-ring (bicyclic) bond motifs is 4. The third kappa shape index (κ3) is 0.542. The van der Waals surface area contributed by atoms with Gasteiger partial charge in [0, 0.05) is 10.7 Å². The maximum absolute atomic E-state index is 10.6. The highest BCUT2D eigenvalue weighted by Crippen LogP contribution is 3.00. The van der Waals surface area contributed by atoms with Crippen molar-refractivity contribution in [3.8, 4) is 0 Å². The van der Waals surface area contributed by atoms with Gasteiger partial charge in [-0.3, -0.25) is 5.43 Å². The number of nitrogens with one attached hydrogen (secondary N) is 1. The van der Waals surface area contributed by atoms with Gasteiger partial charge in [0.2, 0.25) is 0 Å². The van der Waals surface area contributed by atoms with E-state index in [-0.39, 0.29) is 0 Å². The second-order valence-corrected chi connectivity index (χ2v) is 8.78. The summed E-state index contributed by atoms with van der Waals surface area (Å²) >= 11 is 0. The van der Waals surface area contributed by atoms with Crippen LogP contribution in [0.2, 0.25) is 0 Å². The predicted octanol–water partition coefficient (Wildman–Crippen LogP) is 2.49. The Hall–Kier alpha value is -0.860. The zero-order valence-corrected chi connectivity index (χ0v) is 10.9. The predicted molar refractivity (Wildman–Crippen MR) is 68.6 cm³/mol. The van der Waals surface area contributed by atoms with E-state index >= 15 is 0 Å². The second kappa shape index (κ2) is 2.10. The van der Waals surface area contributed by atoms with E-state index < -0.39 is 0 Å². The van der Waals surface area contributed by atoms with Gasteiger partial charge in [0.25, 0.3) is 0 Å². The smallest absolute Gasteiger partial charge is 0.0539 e. The Kier molecular flexibility index (Phi) is 1.01. The first-order valence-corrected chi connectivity index (χ1v) is 8.06. The average molecular weight is 254 g/mol. The molecule has 8 aliphatic rings. The van der Waals surface area contributed by atoms with E-state index in [9.17, 15) is 4.91 Å². The lowest BCUT2D eigenvalue weighted by Gasteiger charge is -2.72. The first-order valence-electron chi connectivity index (χ1n) is 8.06. The van der Waals surface area contributed by atoms with Crippen LogP contribution in [-0.4, -0.2) is 6.04 Å². The van der Waals surface area contributed by atoms with Crippen LogP contribution in [0.3, 0.4) is 0 Å². The zero-order valence-electron chi connectivity index (χ0n) is 10.9. The number of hydrogen-bond acceptors (Lipinski definition) is 2. The molecule has 0 aromatic rings. The van der Waals surface area contributed by atoms with Crippen molar-refractivity contribution in [1.29, 1.82) is 0 Å². The van der Waals surface area contributed by atoms with Crippen LogP contribution in [0.4, 0.5) is 0 Å².